The summed E-state index contributed by atoms with van der Waals surface area (Å²) in [5.41, 5.74) is 2.94. The summed E-state index contributed by atoms with van der Waals surface area (Å²) < 4.78 is 7.11. The van der Waals surface area contributed by atoms with Crippen molar-refractivity contribution in [2.75, 3.05) is 20.2 Å². The fraction of sp³-hybridized carbons (Fsp3) is 0.538. The van der Waals surface area contributed by atoms with E-state index in [1.807, 2.05) is 17.5 Å². The molecule has 0 spiro atoms. The summed E-state index contributed by atoms with van der Waals surface area (Å²) in [7, 11) is 1.64. The smallest absolute Gasteiger partial charge is 0.237 e. The Labute approximate surface area is 106 Å². The number of fused-ring (bicyclic) bond motifs is 1. The number of nitrogens with zero attached hydrogens (tertiary/aromatic N) is 3. The van der Waals surface area contributed by atoms with E-state index in [-0.39, 0.29) is 0 Å². The Morgan fingerprint density at radius 2 is 2.33 bits per heavy atom. The Bertz CT molecular complexity index is 557. The lowest BCUT2D eigenvalue weighted by Gasteiger charge is -2.22. The minimum absolute atomic E-state index is 0.510. The van der Waals surface area contributed by atoms with Gasteiger partial charge < -0.3 is 10.1 Å². The van der Waals surface area contributed by atoms with E-state index in [9.17, 15) is 0 Å². The van der Waals surface area contributed by atoms with Crippen molar-refractivity contribution in [3.63, 3.8) is 0 Å². The maximum atomic E-state index is 5.23. The van der Waals surface area contributed by atoms with Crippen LogP contribution in [0.4, 0.5) is 0 Å². The molecule has 18 heavy (non-hydrogen) atoms. The molecular weight excluding hydrogens is 228 g/mol. The molecule has 0 radical (unpaired) electrons. The first-order valence-corrected chi connectivity index (χ1v) is 6.40. The number of ether oxygens (including phenoxy) is 1. The van der Waals surface area contributed by atoms with Crippen molar-refractivity contribution in [2.45, 2.75) is 25.7 Å². The SMILES string of the molecule is COc1nc2ccc(C3CCCNC3)nn2c1C. The summed E-state index contributed by atoms with van der Waals surface area (Å²) in [4.78, 5) is 4.38. The van der Waals surface area contributed by atoms with Crippen LogP contribution in [0.15, 0.2) is 12.1 Å². The maximum absolute atomic E-state index is 5.23. The van der Waals surface area contributed by atoms with E-state index in [4.69, 9.17) is 9.84 Å². The van der Waals surface area contributed by atoms with Gasteiger partial charge in [0.1, 0.15) is 5.69 Å². The van der Waals surface area contributed by atoms with E-state index in [1.165, 1.54) is 12.8 Å². The molecule has 0 bridgehead atoms. The number of hydrogen-bond donors (Lipinski definition) is 1. The molecule has 1 unspecified atom stereocenters. The van der Waals surface area contributed by atoms with Crippen LogP contribution in [0.25, 0.3) is 5.65 Å². The van der Waals surface area contributed by atoms with Crippen LogP contribution in [0.3, 0.4) is 0 Å². The maximum Gasteiger partial charge on any atom is 0.237 e. The molecule has 5 nitrogen and oxygen atoms in total. The third kappa shape index (κ3) is 1.84. The van der Waals surface area contributed by atoms with E-state index in [2.05, 4.69) is 16.4 Å². The Morgan fingerprint density at radius 3 is 3.06 bits per heavy atom. The first kappa shape index (κ1) is 11.5. The van der Waals surface area contributed by atoms with E-state index >= 15 is 0 Å². The van der Waals surface area contributed by atoms with Crippen LogP contribution in [0, 0.1) is 6.92 Å². The molecule has 1 aliphatic heterocycles. The molecule has 3 heterocycles. The first-order valence-electron chi connectivity index (χ1n) is 6.40. The van der Waals surface area contributed by atoms with Crippen LogP contribution in [0.2, 0.25) is 0 Å². The summed E-state index contributed by atoms with van der Waals surface area (Å²) >= 11 is 0. The lowest BCUT2D eigenvalue weighted by molar-refractivity contribution is 0.396. The number of imidazole rings is 1. The van der Waals surface area contributed by atoms with E-state index in [0.717, 1.165) is 30.1 Å². The third-order valence-corrected chi connectivity index (χ3v) is 3.59. The molecule has 0 saturated carbocycles. The second kappa shape index (κ2) is 4.57. The Morgan fingerprint density at radius 1 is 1.44 bits per heavy atom. The van der Waals surface area contributed by atoms with Crippen LogP contribution in [-0.2, 0) is 0 Å². The average molecular weight is 246 g/mol. The van der Waals surface area contributed by atoms with Crippen LogP contribution in [0.1, 0.15) is 30.1 Å². The second-order valence-corrected chi connectivity index (χ2v) is 4.78. The van der Waals surface area contributed by atoms with Crippen LogP contribution in [0.5, 0.6) is 5.88 Å². The lowest BCUT2D eigenvalue weighted by Crippen LogP contribution is -2.29. The second-order valence-electron chi connectivity index (χ2n) is 4.78. The predicted octanol–water partition coefficient (Wildman–Crippen LogP) is 1.51. The number of piperidine rings is 1. The minimum atomic E-state index is 0.510. The van der Waals surface area contributed by atoms with Crippen molar-refractivity contribution >= 4 is 5.65 Å². The van der Waals surface area contributed by atoms with Gasteiger partial charge in [-0.25, -0.2) is 4.52 Å². The van der Waals surface area contributed by atoms with Crippen LogP contribution < -0.4 is 10.1 Å². The van der Waals surface area contributed by atoms with Crippen molar-refractivity contribution in [3.8, 4) is 5.88 Å². The zero-order chi connectivity index (χ0) is 12.5. The molecule has 0 aliphatic carbocycles. The molecule has 96 valence electrons. The van der Waals surface area contributed by atoms with Gasteiger partial charge in [-0.15, -0.1) is 0 Å². The largest absolute Gasteiger partial charge is 0.480 e. The van der Waals surface area contributed by atoms with Crippen molar-refractivity contribution in [3.05, 3.63) is 23.5 Å². The number of rotatable bonds is 2. The normalized spacial score (nSPS) is 20.2. The zero-order valence-corrected chi connectivity index (χ0v) is 10.8. The molecule has 2 aromatic rings. The van der Waals surface area contributed by atoms with E-state index in [0.29, 0.717) is 11.8 Å². The molecule has 1 atom stereocenters. The number of aromatic nitrogens is 3. The van der Waals surface area contributed by atoms with Gasteiger partial charge in [0, 0.05) is 12.5 Å². The predicted molar refractivity (Wildman–Crippen MR) is 69.1 cm³/mol. The van der Waals surface area contributed by atoms with Gasteiger partial charge in [0.05, 0.1) is 12.8 Å². The van der Waals surface area contributed by atoms with Gasteiger partial charge in [-0.1, -0.05) is 0 Å². The van der Waals surface area contributed by atoms with Gasteiger partial charge in [0.2, 0.25) is 5.88 Å². The summed E-state index contributed by atoms with van der Waals surface area (Å²) in [6, 6.07) is 4.10. The van der Waals surface area contributed by atoms with Crippen molar-refractivity contribution in [1.29, 1.82) is 0 Å². The summed E-state index contributed by atoms with van der Waals surface area (Å²) in [6.07, 6.45) is 2.42. The van der Waals surface area contributed by atoms with E-state index < -0.39 is 0 Å². The van der Waals surface area contributed by atoms with Gasteiger partial charge in [-0.05, 0) is 38.4 Å². The summed E-state index contributed by atoms with van der Waals surface area (Å²) in [5.74, 6) is 1.16. The average Bonchev–Trinajstić information content (AvgIpc) is 2.76. The van der Waals surface area contributed by atoms with Crippen molar-refractivity contribution in [2.24, 2.45) is 0 Å². The lowest BCUT2D eigenvalue weighted by atomic mass is 9.96. The summed E-state index contributed by atoms with van der Waals surface area (Å²) in [5, 5.41) is 8.12. The molecule has 2 aromatic heterocycles. The Hall–Kier alpha value is -1.62. The molecule has 3 rings (SSSR count). The van der Waals surface area contributed by atoms with Crippen molar-refractivity contribution < 1.29 is 4.74 Å². The standard InChI is InChI=1S/C13H18N4O/c1-9-13(18-2)15-12-6-5-11(16-17(9)12)10-4-3-7-14-8-10/h5-6,10,14H,3-4,7-8H2,1-2H3. The molecule has 5 heteroatoms. The quantitative estimate of drug-likeness (QED) is 0.872. The fourth-order valence-corrected chi connectivity index (χ4v) is 2.55. The number of hydrogen-bond acceptors (Lipinski definition) is 4. The monoisotopic (exact) mass is 246 g/mol. The molecule has 1 N–H and O–H groups in total. The Kier molecular flexibility index (Phi) is 2.91. The molecular formula is C13H18N4O. The van der Waals surface area contributed by atoms with Crippen LogP contribution >= 0.6 is 0 Å². The number of nitrogens with one attached hydrogen (secondary N) is 1. The molecule has 1 fully saturated rings. The van der Waals surface area contributed by atoms with Crippen molar-refractivity contribution in [1.82, 2.24) is 19.9 Å². The fourth-order valence-electron chi connectivity index (χ4n) is 2.55. The highest BCUT2D eigenvalue weighted by Gasteiger charge is 2.18. The van der Waals surface area contributed by atoms with Gasteiger partial charge in [-0.2, -0.15) is 10.1 Å². The Balaban J connectivity index is 2.01. The zero-order valence-electron chi connectivity index (χ0n) is 10.8. The molecule has 0 aromatic carbocycles. The minimum Gasteiger partial charge on any atom is -0.480 e. The highest BCUT2D eigenvalue weighted by molar-refractivity contribution is 5.44. The molecule has 1 aliphatic rings. The number of aryl methyl sites for hydroxylation is 1. The molecule has 1 saturated heterocycles. The molecule has 0 amide bonds. The van der Waals surface area contributed by atoms with E-state index in [1.54, 1.807) is 7.11 Å². The van der Waals surface area contributed by atoms with Gasteiger partial charge in [0.15, 0.2) is 5.65 Å². The number of methoxy groups -OCH3 is 1. The first-order chi connectivity index (χ1) is 8.79. The summed E-state index contributed by atoms with van der Waals surface area (Å²) in [6.45, 7) is 4.12. The third-order valence-electron chi connectivity index (χ3n) is 3.59. The van der Waals surface area contributed by atoms with Crippen LogP contribution in [-0.4, -0.2) is 34.8 Å². The topological polar surface area (TPSA) is 51.5 Å². The van der Waals surface area contributed by atoms with Gasteiger partial charge in [-0.3, -0.25) is 0 Å². The van der Waals surface area contributed by atoms with Gasteiger partial charge in [0.25, 0.3) is 0 Å². The highest BCUT2D eigenvalue weighted by Crippen LogP contribution is 2.23. The van der Waals surface area contributed by atoms with Gasteiger partial charge >= 0.3 is 0 Å². The highest BCUT2D eigenvalue weighted by atomic mass is 16.5.